The fraction of sp³-hybridized carbons (Fsp3) is 0.708. The van der Waals surface area contributed by atoms with E-state index >= 15 is 0 Å². The van der Waals surface area contributed by atoms with Crippen molar-refractivity contribution in [2.24, 2.45) is 0 Å². The molecule has 4 nitrogen and oxygen atoms in total. The maximum atomic E-state index is 11.7. The van der Waals surface area contributed by atoms with Crippen molar-refractivity contribution in [2.75, 3.05) is 6.61 Å². The van der Waals surface area contributed by atoms with Crippen molar-refractivity contribution in [1.82, 2.24) is 5.32 Å². The van der Waals surface area contributed by atoms with Crippen LogP contribution in [0.2, 0.25) is 0 Å². The smallest absolute Gasteiger partial charge is 0.220 e. The molecule has 3 N–H and O–H groups in total. The molecule has 0 aromatic heterocycles. The van der Waals surface area contributed by atoms with Crippen LogP contribution < -0.4 is 5.32 Å². The fourth-order valence-electron chi connectivity index (χ4n) is 2.77. The highest BCUT2D eigenvalue weighted by Gasteiger charge is 2.17. The molecule has 0 aliphatic carbocycles. The molecule has 2 atom stereocenters. The summed E-state index contributed by atoms with van der Waals surface area (Å²) >= 11 is 0. The van der Waals surface area contributed by atoms with Gasteiger partial charge in [0, 0.05) is 6.42 Å². The van der Waals surface area contributed by atoms with E-state index in [2.05, 4.69) is 36.5 Å². The molecule has 1 amide bonds. The minimum atomic E-state index is -0.859. The van der Waals surface area contributed by atoms with E-state index in [9.17, 15) is 15.0 Å². The van der Waals surface area contributed by atoms with Crippen LogP contribution in [0.25, 0.3) is 0 Å². The Kier molecular flexibility index (Phi) is 19.3. The quantitative estimate of drug-likeness (QED) is 0.221. The molecule has 0 bridgehead atoms. The summed E-state index contributed by atoms with van der Waals surface area (Å²) < 4.78 is 0. The molecular weight excluding hydrogens is 350 g/mol. The molecule has 0 spiro atoms. The summed E-state index contributed by atoms with van der Waals surface area (Å²) in [6.07, 6.45) is 24.3. The van der Waals surface area contributed by atoms with Gasteiger partial charge in [-0.25, -0.2) is 0 Å². The number of carbonyl (C=O) groups excluding carboxylic acids is 1. The van der Waals surface area contributed by atoms with Gasteiger partial charge in [0.05, 0.1) is 18.8 Å². The van der Waals surface area contributed by atoms with Crippen LogP contribution in [0, 0.1) is 0 Å². The maximum Gasteiger partial charge on any atom is 0.220 e. The summed E-state index contributed by atoms with van der Waals surface area (Å²) in [6, 6.07) is -0.634. The van der Waals surface area contributed by atoms with Crippen LogP contribution in [-0.2, 0) is 4.79 Å². The summed E-state index contributed by atoms with van der Waals surface area (Å²) in [4.78, 5) is 11.7. The highest BCUT2D eigenvalue weighted by Crippen LogP contribution is 2.05. The Morgan fingerprint density at radius 2 is 1.39 bits per heavy atom. The second-order valence-corrected chi connectivity index (χ2v) is 7.33. The van der Waals surface area contributed by atoms with Crippen LogP contribution in [-0.4, -0.2) is 34.9 Å². The Balaban J connectivity index is 3.81. The van der Waals surface area contributed by atoms with Gasteiger partial charge >= 0.3 is 0 Å². The maximum absolute atomic E-state index is 11.7. The van der Waals surface area contributed by atoms with Crippen molar-refractivity contribution < 1.29 is 15.0 Å². The first-order valence-electron chi connectivity index (χ1n) is 11.2. The Morgan fingerprint density at radius 1 is 0.821 bits per heavy atom. The number of unbranched alkanes of at least 4 members (excludes halogenated alkanes) is 7. The largest absolute Gasteiger partial charge is 0.394 e. The standard InChI is InChI=1S/C24H43NO3/c1-3-5-7-8-9-10-11-12-13-14-15-16-17-18-19-23(27)22(21-26)25-24(28)20-6-4-2/h10-11,14-15,18-19,22-23,26-27H,3-9,12-13,16-17,20-21H2,1-2H3,(H,25,28)/b11-10+,15-14+,19-18+. The summed E-state index contributed by atoms with van der Waals surface area (Å²) in [5, 5.41) is 22.1. The molecule has 0 aromatic carbocycles. The van der Waals surface area contributed by atoms with Gasteiger partial charge in [0.15, 0.2) is 0 Å². The van der Waals surface area contributed by atoms with Gasteiger partial charge in [0.2, 0.25) is 5.91 Å². The monoisotopic (exact) mass is 393 g/mol. The second kappa shape index (κ2) is 20.3. The molecule has 0 aliphatic rings. The van der Waals surface area contributed by atoms with Gasteiger partial charge in [0.1, 0.15) is 0 Å². The molecule has 0 radical (unpaired) electrons. The van der Waals surface area contributed by atoms with Crippen molar-refractivity contribution in [3.63, 3.8) is 0 Å². The van der Waals surface area contributed by atoms with Gasteiger partial charge < -0.3 is 15.5 Å². The average Bonchev–Trinajstić information content (AvgIpc) is 2.70. The predicted molar refractivity (Wildman–Crippen MR) is 119 cm³/mol. The molecule has 0 heterocycles. The predicted octanol–water partition coefficient (Wildman–Crippen LogP) is 5.21. The fourth-order valence-corrected chi connectivity index (χ4v) is 2.77. The summed E-state index contributed by atoms with van der Waals surface area (Å²) in [6.45, 7) is 3.99. The van der Waals surface area contributed by atoms with E-state index in [0.717, 1.165) is 38.5 Å². The van der Waals surface area contributed by atoms with Gasteiger partial charge in [-0.2, -0.15) is 0 Å². The van der Waals surface area contributed by atoms with Crippen LogP contribution in [0.15, 0.2) is 36.5 Å². The number of aliphatic hydroxyl groups excluding tert-OH is 2. The molecule has 0 fully saturated rings. The van der Waals surface area contributed by atoms with E-state index in [1.165, 1.54) is 32.1 Å². The summed E-state index contributed by atoms with van der Waals surface area (Å²) in [5.74, 6) is -0.119. The molecule has 28 heavy (non-hydrogen) atoms. The number of allylic oxidation sites excluding steroid dienone is 5. The van der Waals surface area contributed by atoms with Crippen LogP contribution in [0.1, 0.15) is 90.9 Å². The molecular formula is C24H43NO3. The normalized spacial score (nSPS) is 14.3. The van der Waals surface area contributed by atoms with Crippen LogP contribution in [0.3, 0.4) is 0 Å². The number of aliphatic hydroxyl groups is 2. The lowest BCUT2D eigenvalue weighted by Crippen LogP contribution is -2.45. The van der Waals surface area contributed by atoms with Crippen molar-refractivity contribution >= 4 is 5.91 Å². The van der Waals surface area contributed by atoms with Crippen molar-refractivity contribution in [3.05, 3.63) is 36.5 Å². The molecule has 0 aromatic rings. The Morgan fingerprint density at radius 3 is 1.96 bits per heavy atom. The second-order valence-electron chi connectivity index (χ2n) is 7.33. The van der Waals surface area contributed by atoms with Crippen LogP contribution >= 0.6 is 0 Å². The number of nitrogens with one attached hydrogen (secondary N) is 1. The molecule has 162 valence electrons. The molecule has 2 unspecified atom stereocenters. The van der Waals surface area contributed by atoms with Crippen LogP contribution in [0.4, 0.5) is 0 Å². The number of rotatable bonds is 18. The molecule has 0 aliphatic heterocycles. The zero-order valence-corrected chi connectivity index (χ0v) is 18.1. The number of amides is 1. The lowest BCUT2D eigenvalue weighted by Gasteiger charge is -2.19. The Labute approximate surface area is 172 Å². The third-order valence-corrected chi connectivity index (χ3v) is 4.60. The van der Waals surface area contributed by atoms with Gasteiger partial charge in [-0.1, -0.05) is 76.0 Å². The minimum Gasteiger partial charge on any atom is -0.394 e. The SMILES string of the molecule is CCCCCC/C=C/CC/C=C/CC/C=C/C(O)C(CO)NC(=O)CCCC. The molecule has 4 heteroatoms. The topological polar surface area (TPSA) is 69.6 Å². The van der Waals surface area contributed by atoms with Crippen molar-refractivity contribution in [3.8, 4) is 0 Å². The highest BCUT2D eigenvalue weighted by atomic mass is 16.3. The van der Waals surface area contributed by atoms with E-state index < -0.39 is 12.1 Å². The molecule has 0 rings (SSSR count). The van der Waals surface area contributed by atoms with E-state index in [1.807, 2.05) is 13.0 Å². The lowest BCUT2D eigenvalue weighted by molar-refractivity contribution is -0.122. The van der Waals surface area contributed by atoms with Gasteiger partial charge in [0.25, 0.3) is 0 Å². The first kappa shape index (κ1) is 26.6. The number of carbonyl (C=O) groups is 1. The van der Waals surface area contributed by atoms with E-state index in [4.69, 9.17) is 0 Å². The first-order chi connectivity index (χ1) is 13.7. The first-order valence-corrected chi connectivity index (χ1v) is 11.2. The molecule has 0 saturated heterocycles. The minimum absolute atomic E-state index is 0.119. The zero-order chi connectivity index (χ0) is 20.9. The third kappa shape index (κ3) is 16.8. The van der Waals surface area contributed by atoms with Crippen LogP contribution in [0.5, 0.6) is 0 Å². The number of hydrogen-bond donors (Lipinski definition) is 3. The van der Waals surface area contributed by atoms with Gasteiger partial charge in [-0.3, -0.25) is 4.79 Å². The lowest BCUT2D eigenvalue weighted by atomic mass is 10.1. The van der Waals surface area contributed by atoms with E-state index in [-0.39, 0.29) is 12.5 Å². The summed E-state index contributed by atoms with van der Waals surface area (Å²) in [5.41, 5.74) is 0. The average molecular weight is 394 g/mol. The van der Waals surface area contributed by atoms with Crippen molar-refractivity contribution in [2.45, 2.75) is 103 Å². The third-order valence-electron chi connectivity index (χ3n) is 4.60. The molecule has 0 saturated carbocycles. The number of hydrogen-bond acceptors (Lipinski definition) is 3. The Bertz CT molecular complexity index is 443. The van der Waals surface area contributed by atoms with E-state index in [0.29, 0.717) is 6.42 Å². The Hall–Kier alpha value is -1.39. The summed E-state index contributed by atoms with van der Waals surface area (Å²) in [7, 11) is 0. The highest BCUT2D eigenvalue weighted by molar-refractivity contribution is 5.76. The van der Waals surface area contributed by atoms with Gasteiger partial charge in [-0.05, 0) is 44.9 Å². The van der Waals surface area contributed by atoms with Gasteiger partial charge in [-0.15, -0.1) is 0 Å². The van der Waals surface area contributed by atoms with Crippen molar-refractivity contribution in [1.29, 1.82) is 0 Å². The zero-order valence-electron chi connectivity index (χ0n) is 18.1. The van der Waals surface area contributed by atoms with E-state index in [1.54, 1.807) is 6.08 Å².